The lowest BCUT2D eigenvalue weighted by molar-refractivity contribution is 0.199. The molecular weight excluding hydrogens is 218 g/mol. The van der Waals surface area contributed by atoms with E-state index in [-0.39, 0.29) is 0 Å². The van der Waals surface area contributed by atoms with Crippen molar-refractivity contribution in [3.05, 3.63) is 24.4 Å². The van der Waals surface area contributed by atoms with Crippen LogP contribution in [0.25, 0.3) is 11.3 Å². The van der Waals surface area contributed by atoms with Crippen LogP contribution in [-0.2, 0) is 18.3 Å². The molecule has 0 saturated carbocycles. The lowest BCUT2D eigenvalue weighted by Crippen LogP contribution is -2.19. The minimum absolute atomic E-state index is 0.705. The number of nitrogens with zero attached hydrogens (tertiary/aromatic N) is 3. The molecule has 92 valence electrons. The predicted octanol–water partition coefficient (Wildman–Crippen LogP) is 0.546. The van der Waals surface area contributed by atoms with E-state index in [9.17, 15) is 0 Å². The number of nitrogens with one attached hydrogen (secondary N) is 2. The predicted molar refractivity (Wildman–Crippen MR) is 64.4 cm³/mol. The SMILES string of the molecule is COCCNCc1ncc(-c2cnn(C)c2)[nH]1. The molecule has 0 bridgehead atoms. The Balaban J connectivity index is 1.92. The molecule has 2 N–H and O–H groups in total. The van der Waals surface area contributed by atoms with Gasteiger partial charge in [0, 0.05) is 32.5 Å². The molecule has 0 unspecified atom stereocenters. The summed E-state index contributed by atoms with van der Waals surface area (Å²) < 4.78 is 6.72. The Labute approximate surface area is 100 Å². The van der Waals surface area contributed by atoms with Crippen LogP contribution in [0.1, 0.15) is 5.82 Å². The molecule has 17 heavy (non-hydrogen) atoms. The van der Waals surface area contributed by atoms with Gasteiger partial charge in [0.25, 0.3) is 0 Å². The van der Waals surface area contributed by atoms with Crippen molar-refractivity contribution in [1.29, 1.82) is 0 Å². The van der Waals surface area contributed by atoms with Crippen molar-refractivity contribution >= 4 is 0 Å². The van der Waals surface area contributed by atoms with Gasteiger partial charge < -0.3 is 15.0 Å². The summed E-state index contributed by atoms with van der Waals surface area (Å²) in [6.45, 7) is 2.24. The van der Waals surface area contributed by atoms with Gasteiger partial charge >= 0.3 is 0 Å². The van der Waals surface area contributed by atoms with Gasteiger partial charge in [0.15, 0.2) is 0 Å². The maximum absolute atomic E-state index is 4.95. The fraction of sp³-hybridized carbons (Fsp3) is 0.455. The molecule has 2 aromatic rings. The van der Waals surface area contributed by atoms with Crippen LogP contribution >= 0.6 is 0 Å². The molecule has 0 atom stereocenters. The van der Waals surface area contributed by atoms with Gasteiger partial charge in [-0.15, -0.1) is 0 Å². The third-order valence-corrected chi connectivity index (χ3v) is 2.42. The number of aryl methyl sites for hydroxylation is 1. The van der Waals surface area contributed by atoms with E-state index in [4.69, 9.17) is 4.74 Å². The maximum atomic E-state index is 4.95. The molecule has 0 aliphatic heterocycles. The Bertz CT molecular complexity index is 462. The van der Waals surface area contributed by atoms with Crippen molar-refractivity contribution in [2.45, 2.75) is 6.54 Å². The number of aromatic amines is 1. The van der Waals surface area contributed by atoms with E-state index >= 15 is 0 Å². The van der Waals surface area contributed by atoms with Crippen molar-refractivity contribution < 1.29 is 4.74 Å². The first-order valence-corrected chi connectivity index (χ1v) is 5.52. The number of H-pyrrole nitrogens is 1. The number of rotatable bonds is 6. The topological polar surface area (TPSA) is 67.8 Å². The summed E-state index contributed by atoms with van der Waals surface area (Å²) in [5.41, 5.74) is 2.03. The highest BCUT2D eigenvalue weighted by Crippen LogP contribution is 2.15. The van der Waals surface area contributed by atoms with E-state index in [0.717, 1.165) is 23.6 Å². The van der Waals surface area contributed by atoms with E-state index < -0.39 is 0 Å². The highest BCUT2D eigenvalue weighted by atomic mass is 16.5. The van der Waals surface area contributed by atoms with Crippen molar-refractivity contribution in [3.63, 3.8) is 0 Å². The highest BCUT2D eigenvalue weighted by molar-refractivity contribution is 5.55. The van der Waals surface area contributed by atoms with Gasteiger partial charge in [-0.25, -0.2) is 4.98 Å². The van der Waals surface area contributed by atoms with Crippen LogP contribution in [0.2, 0.25) is 0 Å². The Morgan fingerprint density at radius 2 is 2.35 bits per heavy atom. The third-order valence-electron chi connectivity index (χ3n) is 2.42. The fourth-order valence-electron chi connectivity index (χ4n) is 1.54. The van der Waals surface area contributed by atoms with Crippen LogP contribution in [0.5, 0.6) is 0 Å². The zero-order valence-corrected chi connectivity index (χ0v) is 10.1. The van der Waals surface area contributed by atoms with Crippen molar-refractivity contribution in [3.8, 4) is 11.3 Å². The van der Waals surface area contributed by atoms with E-state index in [1.165, 1.54) is 0 Å². The lowest BCUT2D eigenvalue weighted by Gasteiger charge is -2.00. The quantitative estimate of drug-likeness (QED) is 0.717. The Morgan fingerprint density at radius 3 is 3.06 bits per heavy atom. The van der Waals surface area contributed by atoms with E-state index in [1.807, 2.05) is 25.6 Å². The van der Waals surface area contributed by atoms with Crippen LogP contribution in [0.15, 0.2) is 18.6 Å². The first kappa shape index (κ1) is 11.8. The maximum Gasteiger partial charge on any atom is 0.120 e. The molecule has 2 aromatic heterocycles. The second-order valence-corrected chi connectivity index (χ2v) is 3.82. The first-order valence-electron chi connectivity index (χ1n) is 5.52. The minimum atomic E-state index is 0.705. The molecule has 0 radical (unpaired) electrons. The molecule has 2 rings (SSSR count). The molecule has 0 saturated heterocycles. The van der Waals surface area contributed by atoms with Gasteiger partial charge in [0.1, 0.15) is 5.82 Å². The van der Waals surface area contributed by atoms with Gasteiger partial charge in [-0.2, -0.15) is 5.10 Å². The lowest BCUT2D eigenvalue weighted by atomic mass is 10.3. The second kappa shape index (κ2) is 5.60. The summed E-state index contributed by atoms with van der Waals surface area (Å²) in [5.74, 6) is 0.917. The summed E-state index contributed by atoms with van der Waals surface area (Å²) >= 11 is 0. The molecule has 2 heterocycles. The third kappa shape index (κ3) is 3.15. The average Bonchev–Trinajstić information content (AvgIpc) is 2.93. The van der Waals surface area contributed by atoms with Gasteiger partial charge in [0.05, 0.1) is 31.2 Å². The van der Waals surface area contributed by atoms with E-state index in [1.54, 1.807) is 11.8 Å². The number of aromatic nitrogens is 4. The molecule has 6 nitrogen and oxygen atoms in total. The van der Waals surface area contributed by atoms with E-state index in [0.29, 0.717) is 13.2 Å². The monoisotopic (exact) mass is 235 g/mol. The molecule has 6 heteroatoms. The van der Waals surface area contributed by atoms with Crippen LogP contribution in [0.4, 0.5) is 0 Å². The average molecular weight is 235 g/mol. The number of hydrogen-bond donors (Lipinski definition) is 2. The minimum Gasteiger partial charge on any atom is -0.383 e. The summed E-state index contributed by atoms with van der Waals surface area (Å²) in [5, 5.41) is 7.36. The smallest absolute Gasteiger partial charge is 0.120 e. The van der Waals surface area contributed by atoms with Gasteiger partial charge in [0.2, 0.25) is 0 Å². The molecule has 0 fully saturated rings. The zero-order chi connectivity index (χ0) is 12.1. The van der Waals surface area contributed by atoms with Gasteiger partial charge in [-0.05, 0) is 0 Å². The Morgan fingerprint density at radius 1 is 1.47 bits per heavy atom. The highest BCUT2D eigenvalue weighted by Gasteiger charge is 2.04. The zero-order valence-electron chi connectivity index (χ0n) is 10.1. The summed E-state index contributed by atoms with van der Waals surface area (Å²) in [4.78, 5) is 7.56. The largest absolute Gasteiger partial charge is 0.383 e. The van der Waals surface area contributed by atoms with Gasteiger partial charge in [-0.3, -0.25) is 4.68 Å². The molecular formula is C11H17N5O. The number of hydrogen-bond acceptors (Lipinski definition) is 4. The molecule has 0 aliphatic carbocycles. The summed E-state index contributed by atoms with van der Waals surface area (Å²) in [7, 11) is 3.59. The van der Waals surface area contributed by atoms with E-state index in [2.05, 4.69) is 20.4 Å². The van der Waals surface area contributed by atoms with Crippen molar-refractivity contribution in [2.75, 3.05) is 20.3 Å². The van der Waals surface area contributed by atoms with Crippen molar-refractivity contribution in [1.82, 2.24) is 25.1 Å². The summed E-state index contributed by atoms with van der Waals surface area (Å²) in [6, 6.07) is 0. The first-order chi connectivity index (χ1) is 8.29. The van der Waals surface area contributed by atoms with Crippen LogP contribution in [-0.4, -0.2) is 40.0 Å². The Hall–Kier alpha value is -1.66. The van der Waals surface area contributed by atoms with Crippen molar-refractivity contribution in [2.24, 2.45) is 7.05 Å². The normalized spacial score (nSPS) is 10.9. The molecule has 0 aliphatic rings. The van der Waals surface area contributed by atoms with Gasteiger partial charge in [-0.1, -0.05) is 0 Å². The number of methoxy groups -OCH3 is 1. The van der Waals surface area contributed by atoms with Crippen LogP contribution in [0, 0.1) is 0 Å². The summed E-state index contributed by atoms with van der Waals surface area (Å²) in [6.07, 6.45) is 5.59. The molecule has 0 aromatic carbocycles. The molecule has 0 amide bonds. The molecule has 0 spiro atoms. The number of ether oxygens (including phenoxy) is 1. The standard InChI is InChI=1S/C11H17N5O/c1-16-8-9(5-14-16)10-6-13-11(15-10)7-12-3-4-17-2/h5-6,8,12H,3-4,7H2,1-2H3,(H,13,15). The number of imidazole rings is 1. The van der Waals surface area contributed by atoms with Crippen LogP contribution in [0.3, 0.4) is 0 Å². The van der Waals surface area contributed by atoms with Crippen LogP contribution < -0.4 is 5.32 Å². The fourth-order valence-corrected chi connectivity index (χ4v) is 1.54. The second-order valence-electron chi connectivity index (χ2n) is 3.82. The Kier molecular flexibility index (Phi) is 3.89.